The van der Waals surface area contributed by atoms with Crippen LogP contribution in [0.2, 0.25) is 0 Å². The Balaban J connectivity index is 1.39. The maximum atomic E-state index is 15.9. The van der Waals surface area contributed by atoms with E-state index in [2.05, 4.69) is 5.32 Å². The third-order valence-corrected chi connectivity index (χ3v) is 8.28. The van der Waals surface area contributed by atoms with Crippen molar-refractivity contribution < 1.29 is 13.9 Å². The molecule has 3 aromatic carbocycles. The Hall–Kier alpha value is -4.60. The summed E-state index contributed by atoms with van der Waals surface area (Å²) >= 11 is 0. The summed E-state index contributed by atoms with van der Waals surface area (Å²) in [6.07, 6.45) is 2.11. The molecule has 9 nitrogen and oxygen atoms in total. The van der Waals surface area contributed by atoms with E-state index in [0.29, 0.717) is 56.3 Å². The fourth-order valence-corrected chi connectivity index (χ4v) is 5.95. The molecule has 2 fully saturated rings. The number of aromatic nitrogens is 2. The second-order valence-corrected chi connectivity index (χ2v) is 13.1. The number of nitrogens with one attached hydrogen (secondary N) is 1. The summed E-state index contributed by atoms with van der Waals surface area (Å²) in [5, 5.41) is 4.78. The van der Waals surface area contributed by atoms with Gasteiger partial charge in [0.2, 0.25) is 0 Å². The molecule has 1 atom stereocenters. The van der Waals surface area contributed by atoms with Crippen molar-refractivity contribution in [1.82, 2.24) is 14.6 Å². The maximum absolute atomic E-state index is 15.9. The number of ether oxygens (including phenoxy) is 1. The van der Waals surface area contributed by atoms with Gasteiger partial charge in [-0.3, -0.25) is 14.4 Å². The monoisotopic (exact) mass is 613 g/mol. The molecule has 4 aromatic rings. The Morgan fingerprint density at radius 2 is 1.58 bits per heavy atom. The van der Waals surface area contributed by atoms with Crippen LogP contribution in [0.5, 0.6) is 0 Å². The van der Waals surface area contributed by atoms with Gasteiger partial charge in [0.25, 0.3) is 5.56 Å². The highest BCUT2D eigenvalue weighted by atomic mass is 19.1. The first kappa shape index (κ1) is 30.4. The fraction of sp³-hybridized carbons (Fsp3) is 0.400. The van der Waals surface area contributed by atoms with E-state index >= 15 is 4.39 Å². The van der Waals surface area contributed by atoms with Crippen molar-refractivity contribution >= 4 is 22.7 Å². The Morgan fingerprint density at radius 1 is 0.956 bits per heavy atom. The molecule has 0 bridgehead atoms. The van der Waals surface area contributed by atoms with Gasteiger partial charge in [0.1, 0.15) is 11.4 Å². The zero-order valence-electron chi connectivity index (χ0n) is 26.0. The number of benzene rings is 3. The van der Waals surface area contributed by atoms with Crippen molar-refractivity contribution in [2.24, 2.45) is 5.92 Å². The van der Waals surface area contributed by atoms with E-state index in [4.69, 9.17) is 4.74 Å². The van der Waals surface area contributed by atoms with Gasteiger partial charge in [-0.15, -0.1) is 0 Å². The summed E-state index contributed by atoms with van der Waals surface area (Å²) in [6.45, 7) is 7.39. The van der Waals surface area contributed by atoms with E-state index in [0.717, 1.165) is 24.0 Å². The van der Waals surface area contributed by atoms with E-state index in [1.54, 1.807) is 36.4 Å². The van der Waals surface area contributed by atoms with E-state index in [9.17, 15) is 14.4 Å². The third kappa shape index (κ3) is 7.05. The Bertz CT molecular complexity index is 1750. The first-order valence-electron chi connectivity index (χ1n) is 15.6. The van der Waals surface area contributed by atoms with Gasteiger partial charge in [-0.25, -0.2) is 14.0 Å². The van der Waals surface area contributed by atoms with Gasteiger partial charge >= 0.3 is 11.8 Å². The average molecular weight is 614 g/mol. The molecular formula is C35H40FN5O4. The predicted molar refractivity (Wildman–Crippen MR) is 174 cm³/mol. The van der Waals surface area contributed by atoms with Gasteiger partial charge in [0.05, 0.1) is 35.7 Å². The van der Waals surface area contributed by atoms with E-state index < -0.39 is 28.8 Å². The lowest BCUT2D eigenvalue weighted by Gasteiger charge is -2.28. The van der Waals surface area contributed by atoms with Crippen LogP contribution in [0, 0.1) is 11.7 Å². The first-order chi connectivity index (χ1) is 21.6. The van der Waals surface area contributed by atoms with E-state index in [1.165, 1.54) is 10.7 Å². The SMILES string of the molecule is CC(C)(C)OC(=O)NC1CCN(c2cc3c(cc2F)c(=O)n(N(Cc2ccccc2)Cc2ccccc2)c(=O)n3CC2CC2)C1. The topological polar surface area (TPSA) is 88.8 Å². The van der Waals surface area contributed by atoms with E-state index in [-0.39, 0.29) is 11.4 Å². The highest BCUT2D eigenvalue weighted by Gasteiger charge is 2.30. The molecule has 1 unspecified atom stereocenters. The van der Waals surface area contributed by atoms with Crippen LogP contribution in [0.4, 0.5) is 14.9 Å². The Kier molecular flexibility index (Phi) is 8.40. The number of fused-ring (bicyclic) bond motifs is 1. The minimum atomic E-state index is -0.622. The fourth-order valence-electron chi connectivity index (χ4n) is 5.95. The molecular weight excluding hydrogens is 573 g/mol. The maximum Gasteiger partial charge on any atom is 0.407 e. The van der Waals surface area contributed by atoms with Crippen LogP contribution in [-0.2, 0) is 24.4 Å². The number of hydrogen-bond acceptors (Lipinski definition) is 6. The molecule has 1 saturated heterocycles. The molecule has 2 aliphatic rings. The number of anilines is 1. The third-order valence-electron chi connectivity index (χ3n) is 8.28. The number of amides is 1. The molecule has 1 amide bonds. The van der Waals surface area contributed by atoms with Gasteiger partial charge in [-0.2, -0.15) is 4.68 Å². The smallest absolute Gasteiger partial charge is 0.407 e. The van der Waals surface area contributed by atoms with Gasteiger partial charge in [0.15, 0.2) is 0 Å². The van der Waals surface area contributed by atoms with Crippen LogP contribution in [0.25, 0.3) is 10.9 Å². The molecule has 1 saturated carbocycles. The number of halogens is 1. The average Bonchev–Trinajstić information content (AvgIpc) is 3.70. The number of carbonyl (C=O) groups excluding carboxylic acids is 1. The molecule has 236 valence electrons. The van der Waals surface area contributed by atoms with Crippen LogP contribution in [0.1, 0.15) is 51.2 Å². The normalized spacial score (nSPS) is 16.6. The quantitative estimate of drug-likeness (QED) is 0.281. The molecule has 1 aliphatic heterocycles. The van der Waals surface area contributed by atoms with Crippen LogP contribution in [0.15, 0.2) is 82.4 Å². The number of alkyl carbamates (subject to hydrolysis) is 1. The second-order valence-electron chi connectivity index (χ2n) is 13.1. The van der Waals surface area contributed by atoms with Crippen LogP contribution < -0.4 is 26.5 Å². The van der Waals surface area contributed by atoms with Crippen molar-refractivity contribution in [1.29, 1.82) is 0 Å². The zero-order chi connectivity index (χ0) is 31.7. The van der Waals surface area contributed by atoms with Crippen LogP contribution in [-0.4, -0.2) is 40.1 Å². The molecule has 45 heavy (non-hydrogen) atoms. The predicted octanol–water partition coefficient (Wildman–Crippen LogP) is 5.15. The molecule has 10 heteroatoms. The van der Waals surface area contributed by atoms with E-state index in [1.807, 2.05) is 65.6 Å². The summed E-state index contributed by atoms with van der Waals surface area (Å²) in [5.41, 5.74) is 1.01. The summed E-state index contributed by atoms with van der Waals surface area (Å²) in [7, 11) is 0. The van der Waals surface area contributed by atoms with Crippen molar-refractivity contribution in [2.45, 2.75) is 71.3 Å². The summed E-state index contributed by atoms with van der Waals surface area (Å²) in [4.78, 5) is 42.7. The number of hydrogen-bond donors (Lipinski definition) is 1. The molecule has 1 aromatic heterocycles. The van der Waals surface area contributed by atoms with Gasteiger partial charge in [0, 0.05) is 19.6 Å². The van der Waals surface area contributed by atoms with Crippen molar-refractivity contribution in [2.75, 3.05) is 23.0 Å². The van der Waals surface area contributed by atoms with Crippen molar-refractivity contribution in [3.63, 3.8) is 0 Å². The summed E-state index contributed by atoms with van der Waals surface area (Å²) < 4.78 is 24.1. The molecule has 6 rings (SSSR count). The van der Waals surface area contributed by atoms with Crippen LogP contribution in [0.3, 0.4) is 0 Å². The number of nitrogens with zero attached hydrogens (tertiary/aromatic N) is 4. The number of rotatable bonds is 9. The standard InChI is InChI=1S/C35H40FN5O4/c1-35(2,3)45-33(43)37-27-16-17-38(23-27)31-19-30-28(18-29(31)36)32(42)41(34(44)40(30)22-26-14-15-26)39(20-24-10-6-4-7-11-24)21-25-12-8-5-9-13-25/h4-13,18-19,26-27H,14-17,20-23H2,1-3H3,(H,37,43). The number of carbonyl (C=O) groups is 1. The molecule has 1 N–H and O–H groups in total. The minimum absolute atomic E-state index is 0.158. The van der Waals surface area contributed by atoms with Crippen molar-refractivity contribution in [3.8, 4) is 0 Å². The first-order valence-corrected chi connectivity index (χ1v) is 15.6. The lowest BCUT2D eigenvalue weighted by Crippen LogP contribution is -2.52. The lowest BCUT2D eigenvalue weighted by atomic mass is 10.1. The lowest BCUT2D eigenvalue weighted by molar-refractivity contribution is 0.0509. The van der Waals surface area contributed by atoms with Gasteiger partial charge in [-0.1, -0.05) is 60.7 Å². The zero-order valence-corrected chi connectivity index (χ0v) is 26.0. The second kappa shape index (κ2) is 12.4. The molecule has 0 spiro atoms. The Labute approximate surface area is 261 Å². The molecule has 1 aliphatic carbocycles. The van der Waals surface area contributed by atoms with Gasteiger partial charge < -0.3 is 15.0 Å². The largest absolute Gasteiger partial charge is 0.444 e. The summed E-state index contributed by atoms with van der Waals surface area (Å²) in [6, 6.07) is 22.1. The summed E-state index contributed by atoms with van der Waals surface area (Å²) in [5.74, 6) is -0.213. The Morgan fingerprint density at radius 3 is 2.16 bits per heavy atom. The minimum Gasteiger partial charge on any atom is -0.444 e. The van der Waals surface area contributed by atoms with Gasteiger partial charge in [-0.05, 0) is 69.2 Å². The highest BCUT2D eigenvalue weighted by molar-refractivity contribution is 5.83. The molecule has 0 radical (unpaired) electrons. The van der Waals surface area contributed by atoms with Crippen molar-refractivity contribution in [3.05, 3.63) is 111 Å². The molecule has 2 heterocycles. The van der Waals surface area contributed by atoms with Crippen LogP contribution >= 0.6 is 0 Å². The highest BCUT2D eigenvalue weighted by Crippen LogP contribution is 2.32.